The smallest absolute Gasteiger partial charge is 0.271 e. The van der Waals surface area contributed by atoms with Gasteiger partial charge in [-0.2, -0.15) is 5.06 Å². The van der Waals surface area contributed by atoms with Gasteiger partial charge in [-0.25, -0.2) is 0 Å². The molecule has 0 aliphatic rings. The summed E-state index contributed by atoms with van der Waals surface area (Å²) in [5.74, 6) is -0.458. The Labute approximate surface area is 53.3 Å². The second kappa shape index (κ2) is 4.05. The summed E-state index contributed by atoms with van der Waals surface area (Å²) in [5.41, 5.74) is 0. The molecule has 4 nitrogen and oxygen atoms in total. The molecule has 0 aliphatic carbocycles. The van der Waals surface area contributed by atoms with Crippen molar-refractivity contribution in [3.63, 3.8) is 0 Å². The van der Waals surface area contributed by atoms with Crippen LogP contribution in [0.15, 0.2) is 12.7 Å². The van der Waals surface area contributed by atoms with Crippen molar-refractivity contribution in [2.75, 3.05) is 13.8 Å². The van der Waals surface area contributed by atoms with Crippen LogP contribution in [0.5, 0.6) is 0 Å². The highest BCUT2D eigenvalue weighted by atomic mass is 16.7. The fourth-order valence-electron chi connectivity index (χ4n) is 0.319. The molecule has 0 saturated carbocycles. The second-order valence-electron chi connectivity index (χ2n) is 1.24. The van der Waals surface area contributed by atoms with Gasteiger partial charge in [0.1, 0.15) is 6.73 Å². The van der Waals surface area contributed by atoms with E-state index in [4.69, 9.17) is 5.11 Å². The molecule has 0 fully saturated rings. The van der Waals surface area contributed by atoms with E-state index in [1.54, 1.807) is 0 Å². The molecule has 0 aliphatic heterocycles. The van der Waals surface area contributed by atoms with E-state index in [1.807, 2.05) is 0 Å². The number of carbonyl (C=O) groups excluding carboxylic acids is 1. The summed E-state index contributed by atoms with van der Waals surface area (Å²) in [6.07, 6.45) is 1.06. The van der Waals surface area contributed by atoms with Crippen molar-refractivity contribution in [1.82, 2.24) is 5.06 Å². The van der Waals surface area contributed by atoms with Crippen LogP contribution in [0.4, 0.5) is 0 Å². The molecule has 0 saturated heterocycles. The summed E-state index contributed by atoms with van der Waals surface area (Å²) >= 11 is 0. The molecule has 4 heteroatoms. The van der Waals surface area contributed by atoms with E-state index in [0.717, 1.165) is 11.1 Å². The molecular formula is C5H9NO3. The van der Waals surface area contributed by atoms with Crippen molar-refractivity contribution in [3.8, 4) is 0 Å². The Balaban J connectivity index is 3.78. The van der Waals surface area contributed by atoms with Crippen LogP contribution in [-0.4, -0.2) is 29.9 Å². The first-order valence-electron chi connectivity index (χ1n) is 2.35. The Morgan fingerprint density at radius 1 is 2.00 bits per heavy atom. The largest absolute Gasteiger partial charge is 0.374 e. The third-order valence-electron chi connectivity index (χ3n) is 0.769. The quantitative estimate of drug-likeness (QED) is 0.319. The summed E-state index contributed by atoms with van der Waals surface area (Å²) in [6.45, 7) is 2.74. The molecule has 0 aromatic rings. The van der Waals surface area contributed by atoms with E-state index >= 15 is 0 Å². The molecule has 0 heterocycles. The minimum Gasteiger partial charge on any atom is -0.374 e. The molecule has 0 atom stereocenters. The van der Waals surface area contributed by atoms with Crippen LogP contribution in [0, 0.1) is 0 Å². The number of aliphatic hydroxyl groups excluding tert-OH is 1. The van der Waals surface area contributed by atoms with Crippen LogP contribution in [0.2, 0.25) is 0 Å². The molecule has 0 rings (SSSR count). The highest BCUT2D eigenvalue weighted by molar-refractivity contribution is 5.85. The van der Waals surface area contributed by atoms with Gasteiger partial charge in [-0.1, -0.05) is 6.58 Å². The molecular weight excluding hydrogens is 122 g/mol. The number of hydrogen-bond donors (Lipinski definition) is 1. The zero-order valence-corrected chi connectivity index (χ0v) is 5.20. The van der Waals surface area contributed by atoms with Crippen molar-refractivity contribution in [1.29, 1.82) is 0 Å². The number of amides is 1. The van der Waals surface area contributed by atoms with Gasteiger partial charge in [0.25, 0.3) is 5.91 Å². The maximum atomic E-state index is 10.5. The lowest BCUT2D eigenvalue weighted by Gasteiger charge is -2.12. The summed E-state index contributed by atoms with van der Waals surface area (Å²) < 4.78 is 0. The maximum absolute atomic E-state index is 10.5. The molecule has 0 unspecified atom stereocenters. The number of hydrogen-bond acceptors (Lipinski definition) is 3. The molecule has 0 radical (unpaired) electrons. The lowest BCUT2D eigenvalue weighted by molar-refractivity contribution is -0.187. The van der Waals surface area contributed by atoms with Crippen molar-refractivity contribution in [3.05, 3.63) is 12.7 Å². The third-order valence-corrected chi connectivity index (χ3v) is 0.769. The average molecular weight is 131 g/mol. The molecule has 52 valence electrons. The van der Waals surface area contributed by atoms with Crippen LogP contribution >= 0.6 is 0 Å². The van der Waals surface area contributed by atoms with Gasteiger partial charge >= 0.3 is 0 Å². The lowest BCUT2D eigenvalue weighted by Crippen LogP contribution is -2.28. The lowest BCUT2D eigenvalue weighted by atomic mass is 10.6. The third kappa shape index (κ3) is 2.25. The molecule has 0 bridgehead atoms. The van der Waals surface area contributed by atoms with Crippen LogP contribution < -0.4 is 0 Å². The topological polar surface area (TPSA) is 49.8 Å². The van der Waals surface area contributed by atoms with E-state index in [2.05, 4.69) is 11.4 Å². The van der Waals surface area contributed by atoms with E-state index in [0.29, 0.717) is 0 Å². The fourth-order valence-corrected chi connectivity index (χ4v) is 0.319. The van der Waals surface area contributed by atoms with Gasteiger partial charge in [0.2, 0.25) is 0 Å². The number of aliphatic hydroxyl groups is 1. The maximum Gasteiger partial charge on any atom is 0.271 e. The van der Waals surface area contributed by atoms with Gasteiger partial charge in [-0.3, -0.25) is 9.63 Å². The van der Waals surface area contributed by atoms with Crippen LogP contribution in [0.3, 0.4) is 0 Å². The number of rotatable bonds is 3. The first-order chi connectivity index (χ1) is 4.26. The SMILES string of the molecule is C=CC(=O)N(CO)OC. The van der Waals surface area contributed by atoms with Crippen molar-refractivity contribution >= 4 is 5.91 Å². The molecule has 1 amide bonds. The number of carbonyl (C=O) groups is 1. The van der Waals surface area contributed by atoms with Gasteiger partial charge in [0.05, 0.1) is 7.11 Å². The number of hydroxylamine groups is 2. The van der Waals surface area contributed by atoms with Crippen LogP contribution in [0.25, 0.3) is 0 Å². The minimum atomic E-state index is -0.458. The Morgan fingerprint density at radius 3 is 2.67 bits per heavy atom. The van der Waals surface area contributed by atoms with E-state index in [1.165, 1.54) is 7.11 Å². The molecule has 9 heavy (non-hydrogen) atoms. The highest BCUT2D eigenvalue weighted by Gasteiger charge is 2.04. The van der Waals surface area contributed by atoms with E-state index in [9.17, 15) is 4.79 Å². The fraction of sp³-hybridized carbons (Fsp3) is 0.400. The van der Waals surface area contributed by atoms with E-state index in [-0.39, 0.29) is 0 Å². The van der Waals surface area contributed by atoms with Crippen LogP contribution in [0.1, 0.15) is 0 Å². The van der Waals surface area contributed by atoms with Gasteiger partial charge in [-0.05, 0) is 6.08 Å². The average Bonchev–Trinajstić information content (AvgIpc) is 1.90. The standard InChI is InChI=1S/C5H9NO3/c1-3-5(8)6(4-7)9-2/h3,7H,1,4H2,2H3. The van der Waals surface area contributed by atoms with E-state index < -0.39 is 12.6 Å². The summed E-state index contributed by atoms with van der Waals surface area (Å²) in [4.78, 5) is 14.9. The molecule has 0 aromatic heterocycles. The van der Waals surface area contributed by atoms with Gasteiger partial charge < -0.3 is 5.11 Å². The first kappa shape index (κ1) is 8.13. The summed E-state index contributed by atoms with van der Waals surface area (Å²) in [5, 5.41) is 9.13. The zero-order valence-electron chi connectivity index (χ0n) is 5.20. The summed E-state index contributed by atoms with van der Waals surface area (Å²) in [7, 11) is 1.29. The van der Waals surface area contributed by atoms with Gasteiger partial charge in [0.15, 0.2) is 0 Å². The number of nitrogens with zero attached hydrogens (tertiary/aromatic N) is 1. The van der Waals surface area contributed by atoms with Gasteiger partial charge in [0, 0.05) is 0 Å². The Hall–Kier alpha value is -0.870. The van der Waals surface area contributed by atoms with Crippen molar-refractivity contribution in [2.45, 2.75) is 0 Å². The summed E-state index contributed by atoms with van der Waals surface area (Å²) in [6, 6.07) is 0. The normalized spacial score (nSPS) is 8.67. The second-order valence-corrected chi connectivity index (χ2v) is 1.24. The predicted octanol–water partition coefficient (Wildman–Crippen LogP) is -0.488. The Kier molecular flexibility index (Phi) is 3.66. The minimum absolute atomic E-state index is 0.457. The van der Waals surface area contributed by atoms with Crippen molar-refractivity contribution < 1.29 is 14.7 Å². The molecule has 0 aromatic carbocycles. The first-order valence-corrected chi connectivity index (χ1v) is 2.35. The van der Waals surface area contributed by atoms with Crippen molar-refractivity contribution in [2.24, 2.45) is 0 Å². The van der Waals surface area contributed by atoms with Crippen LogP contribution in [-0.2, 0) is 9.63 Å². The molecule has 1 N–H and O–H groups in total. The highest BCUT2D eigenvalue weighted by Crippen LogP contribution is 1.86. The van der Waals surface area contributed by atoms with Gasteiger partial charge in [-0.15, -0.1) is 0 Å². The Bertz CT molecular complexity index is 109. The monoisotopic (exact) mass is 131 g/mol. The molecule has 0 spiro atoms. The zero-order chi connectivity index (χ0) is 7.28. The Morgan fingerprint density at radius 2 is 2.56 bits per heavy atom. The predicted molar refractivity (Wildman–Crippen MR) is 31.1 cm³/mol.